The molecule has 0 aliphatic carbocycles. The summed E-state index contributed by atoms with van der Waals surface area (Å²) < 4.78 is 0. The van der Waals surface area contributed by atoms with Crippen molar-refractivity contribution >= 4 is 5.91 Å². The predicted octanol–water partition coefficient (Wildman–Crippen LogP) is -0.612. The fourth-order valence-corrected chi connectivity index (χ4v) is 0.376. The summed E-state index contributed by atoms with van der Waals surface area (Å²) >= 11 is 0. The summed E-state index contributed by atoms with van der Waals surface area (Å²) in [6.07, 6.45) is 0. The number of hydrogen-bond donors (Lipinski definition) is 0. The second kappa shape index (κ2) is 1.77. The summed E-state index contributed by atoms with van der Waals surface area (Å²) in [5.74, 6) is -0.591. The van der Waals surface area contributed by atoms with Gasteiger partial charge in [0, 0.05) is 10.2 Å². The minimum Gasteiger partial charge on any atom is -0.339 e. The third kappa shape index (κ3) is 0.983. The van der Waals surface area contributed by atoms with Crippen molar-refractivity contribution in [3.63, 3.8) is 0 Å². The molecule has 0 radical (unpaired) electrons. The number of nitrogens with zero attached hydrogens (tertiary/aromatic N) is 4. The van der Waals surface area contributed by atoms with Crippen LogP contribution in [0.5, 0.6) is 0 Å². The molecule has 7 heteroatoms. The Kier molecular flexibility index (Phi) is 1.10. The maximum Gasteiger partial charge on any atom is 0.319 e. The molecule has 0 fully saturated rings. The van der Waals surface area contributed by atoms with Gasteiger partial charge in [0.25, 0.3) is 0 Å². The van der Waals surface area contributed by atoms with Gasteiger partial charge < -0.3 is 10.1 Å². The van der Waals surface area contributed by atoms with Crippen LogP contribution in [0.4, 0.5) is 0 Å². The van der Waals surface area contributed by atoms with E-state index in [-0.39, 0.29) is 6.54 Å². The third-order valence-corrected chi connectivity index (χ3v) is 0.725. The third-order valence-electron chi connectivity index (χ3n) is 0.725. The Morgan fingerprint density at radius 3 is 2.67 bits per heavy atom. The van der Waals surface area contributed by atoms with Gasteiger partial charge in [-0.25, -0.2) is 0 Å². The molecule has 0 N–H and O–H groups in total. The van der Waals surface area contributed by atoms with Crippen molar-refractivity contribution < 1.29 is 9.83 Å². The van der Waals surface area contributed by atoms with E-state index >= 15 is 0 Å². The zero-order chi connectivity index (χ0) is 6.85. The Morgan fingerprint density at radius 2 is 2.44 bits per heavy atom. The molecule has 9 heavy (non-hydrogen) atoms. The van der Waals surface area contributed by atoms with Crippen LogP contribution in [-0.4, -0.2) is 22.6 Å². The van der Waals surface area contributed by atoms with Crippen molar-refractivity contribution in [3.8, 4) is 0 Å². The van der Waals surface area contributed by atoms with Crippen LogP contribution in [0.25, 0.3) is 0 Å². The van der Waals surface area contributed by atoms with Crippen molar-refractivity contribution in [2.75, 3.05) is 6.54 Å². The minimum atomic E-state index is -0.797. The van der Waals surface area contributed by atoms with Crippen molar-refractivity contribution in [3.05, 3.63) is 10.1 Å². The van der Waals surface area contributed by atoms with Gasteiger partial charge in [0.05, 0.1) is 5.03 Å². The van der Waals surface area contributed by atoms with Crippen molar-refractivity contribution in [1.82, 2.24) is 5.12 Å². The highest BCUT2D eigenvalue weighted by Gasteiger charge is 2.26. The van der Waals surface area contributed by atoms with Gasteiger partial charge in [-0.05, 0) is 0 Å². The summed E-state index contributed by atoms with van der Waals surface area (Å²) in [4.78, 5) is 19.9. The SMILES string of the molecule is O=C1CN([N+](=O)[O-])N=N1. The van der Waals surface area contributed by atoms with Crippen molar-refractivity contribution in [2.45, 2.75) is 0 Å². The molecule has 1 amide bonds. The molecular weight excluding hydrogens is 128 g/mol. The Bertz CT molecular complexity index is 186. The molecule has 7 nitrogen and oxygen atoms in total. The van der Waals surface area contributed by atoms with Crippen LogP contribution in [0.15, 0.2) is 10.3 Å². The van der Waals surface area contributed by atoms with Crippen LogP contribution >= 0.6 is 0 Å². The molecule has 48 valence electrons. The Labute approximate surface area is 49.1 Å². The quantitative estimate of drug-likeness (QED) is 0.349. The highest BCUT2D eigenvalue weighted by atomic mass is 16.7. The van der Waals surface area contributed by atoms with E-state index in [0.29, 0.717) is 5.12 Å². The normalized spacial score (nSPS) is 16.9. The zero-order valence-corrected chi connectivity index (χ0v) is 4.22. The molecule has 0 bridgehead atoms. The maximum absolute atomic E-state index is 10.2. The van der Waals surface area contributed by atoms with E-state index in [0.717, 1.165) is 0 Å². The predicted molar refractivity (Wildman–Crippen MR) is 23.6 cm³/mol. The van der Waals surface area contributed by atoms with Gasteiger partial charge in [-0.1, -0.05) is 0 Å². The number of hydrogen-bond acceptors (Lipinski definition) is 4. The number of rotatable bonds is 1. The summed E-state index contributed by atoms with van der Waals surface area (Å²) in [6, 6.07) is 0. The summed E-state index contributed by atoms with van der Waals surface area (Å²) in [5, 5.41) is 15.2. The van der Waals surface area contributed by atoms with Gasteiger partial charge in [0.15, 0.2) is 11.8 Å². The van der Waals surface area contributed by atoms with E-state index in [1.54, 1.807) is 0 Å². The molecule has 1 aliphatic heterocycles. The molecule has 0 atom stereocenters. The Hall–Kier alpha value is -1.53. The lowest BCUT2D eigenvalue weighted by molar-refractivity contribution is -0.654. The average molecular weight is 130 g/mol. The number of carbonyl (C=O) groups excluding carboxylic acids is 1. The standard InChI is InChI=1S/C2H2N4O3/c7-2-1-5(4-3-2)6(8)9/h1H2. The van der Waals surface area contributed by atoms with Gasteiger partial charge in [-0.2, -0.15) is 0 Å². The first kappa shape index (κ1) is 5.60. The minimum absolute atomic E-state index is 0.354. The van der Waals surface area contributed by atoms with Gasteiger partial charge in [0.1, 0.15) is 0 Å². The molecule has 0 saturated heterocycles. The summed E-state index contributed by atoms with van der Waals surface area (Å²) in [7, 11) is 0. The summed E-state index contributed by atoms with van der Waals surface area (Å²) in [5.41, 5.74) is 0. The van der Waals surface area contributed by atoms with Gasteiger partial charge in [0.2, 0.25) is 0 Å². The van der Waals surface area contributed by atoms with Crippen molar-refractivity contribution in [2.24, 2.45) is 10.3 Å². The lowest BCUT2D eigenvalue weighted by Gasteiger charge is -1.96. The van der Waals surface area contributed by atoms with Crippen LogP contribution in [0.1, 0.15) is 0 Å². The number of carbonyl (C=O) groups is 1. The molecule has 1 heterocycles. The second-order valence-corrected chi connectivity index (χ2v) is 1.35. The number of hydrazine groups is 1. The largest absolute Gasteiger partial charge is 0.339 e. The van der Waals surface area contributed by atoms with Crippen molar-refractivity contribution in [1.29, 1.82) is 0 Å². The first-order valence-electron chi connectivity index (χ1n) is 2.06. The van der Waals surface area contributed by atoms with Crippen LogP contribution < -0.4 is 0 Å². The molecule has 0 aromatic heterocycles. The topological polar surface area (TPSA) is 88.2 Å². The summed E-state index contributed by atoms with van der Waals surface area (Å²) in [6.45, 7) is -0.354. The molecular formula is C2H2N4O3. The number of amides is 1. The first-order chi connectivity index (χ1) is 4.20. The molecule has 0 spiro atoms. The van der Waals surface area contributed by atoms with E-state index in [2.05, 4.69) is 10.3 Å². The van der Waals surface area contributed by atoms with Crippen LogP contribution in [0.3, 0.4) is 0 Å². The lowest BCUT2D eigenvalue weighted by Crippen LogP contribution is -2.24. The fourth-order valence-electron chi connectivity index (χ4n) is 0.376. The van der Waals surface area contributed by atoms with E-state index in [4.69, 9.17) is 0 Å². The van der Waals surface area contributed by atoms with Gasteiger partial charge in [-0.3, -0.25) is 4.79 Å². The molecule has 0 aromatic carbocycles. The van der Waals surface area contributed by atoms with Gasteiger partial charge in [-0.15, -0.1) is 0 Å². The average Bonchev–Trinajstić information content (AvgIpc) is 2.14. The Morgan fingerprint density at radius 1 is 1.78 bits per heavy atom. The molecule has 0 saturated carbocycles. The highest BCUT2D eigenvalue weighted by Crippen LogP contribution is 1.99. The smallest absolute Gasteiger partial charge is 0.319 e. The van der Waals surface area contributed by atoms with E-state index < -0.39 is 10.9 Å². The Balaban J connectivity index is 2.60. The maximum atomic E-state index is 10.2. The highest BCUT2D eigenvalue weighted by molar-refractivity contribution is 5.79. The van der Waals surface area contributed by atoms with Crippen LogP contribution in [0.2, 0.25) is 0 Å². The van der Waals surface area contributed by atoms with Crippen LogP contribution in [-0.2, 0) is 4.79 Å². The zero-order valence-electron chi connectivity index (χ0n) is 4.22. The van der Waals surface area contributed by atoms with Crippen LogP contribution in [0, 0.1) is 10.1 Å². The number of nitro groups is 1. The lowest BCUT2D eigenvalue weighted by atomic mass is 10.6. The molecule has 1 aliphatic rings. The van der Waals surface area contributed by atoms with E-state index in [9.17, 15) is 14.9 Å². The van der Waals surface area contributed by atoms with E-state index in [1.165, 1.54) is 0 Å². The molecule has 0 aromatic rings. The van der Waals surface area contributed by atoms with Gasteiger partial charge >= 0.3 is 5.91 Å². The first-order valence-corrected chi connectivity index (χ1v) is 2.06. The van der Waals surface area contributed by atoms with E-state index in [1.807, 2.05) is 0 Å². The molecule has 1 rings (SSSR count). The molecule has 0 unspecified atom stereocenters. The fraction of sp³-hybridized carbons (Fsp3) is 0.500. The monoisotopic (exact) mass is 130 g/mol. The second-order valence-electron chi connectivity index (χ2n) is 1.35.